The summed E-state index contributed by atoms with van der Waals surface area (Å²) in [6, 6.07) is 9.09. The van der Waals surface area contributed by atoms with Crippen molar-refractivity contribution in [3.63, 3.8) is 0 Å². The number of ether oxygens (including phenoxy) is 1. The number of morpholine rings is 1. The zero-order valence-electron chi connectivity index (χ0n) is 18.3. The van der Waals surface area contributed by atoms with Gasteiger partial charge in [-0.05, 0) is 43.2 Å². The Bertz CT molecular complexity index is 865. The van der Waals surface area contributed by atoms with Crippen LogP contribution in [0.2, 0.25) is 0 Å². The van der Waals surface area contributed by atoms with Crippen LogP contribution < -0.4 is 15.5 Å². The second-order valence-electron chi connectivity index (χ2n) is 7.66. The molecule has 0 spiro atoms. The van der Waals surface area contributed by atoms with Gasteiger partial charge in [-0.15, -0.1) is 24.0 Å². The maximum atomic E-state index is 12.7. The quantitative estimate of drug-likeness (QED) is 0.325. The zero-order chi connectivity index (χ0) is 22.4. The number of anilines is 1. The predicted molar refractivity (Wildman–Crippen MR) is 130 cm³/mol. The van der Waals surface area contributed by atoms with Crippen molar-refractivity contribution in [3.8, 4) is 0 Å². The van der Waals surface area contributed by atoms with Crippen LogP contribution in [0.3, 0.4) is 0 Å². The average molecular weight is 563 g/mol. The Labute approximate surface area is 203 Å². The summed E-state index contributed by atoms with van der Waals surface area (Å²) in [5, 5.41) is 6.29. The van der Waals surface area contributed by atoms with Crippen LogP contribution in [0, 0.1) is 0 Å². The van der Waals surface area contributed by atoms with E-state index in [9.17, 15) is 13.2 Å². The molecule has 32 heavy (non-hydrogen) atoms. The van der Waals surface area contributed by atoms with Gasteiger partial charge in [-0.3, -0.25) is 4.99 Å². The topological polar surface area (TPSA) is 61.8 Å². The first-order valence-corrected chi connectivity index (χ1v) is 10.2. The van der Waals surface area contributed by atoms with Crippen molar-refractivity contribution in [1.82, 2.24) is 15.6 Å². The summed E-state index contributed by atoms with van der Waals surface area (Å²) in [5.74, 6) is 1.48. The van der Waals surface area contributed by atoms with Crippen molar-refractivity contribution in [2.24, 2.45) is 4.99 Å². The molecule has 3 rings (SSSR count). The zero-order valence-corrected chi connectivity index (χ0v) is 20.6. The molecule has 0 aliphatic carbocycles. The van der Waals surface area contributed by atoms with Crippen molar-refractivity contribution < 1.29 is 17.9 Å². The lowest BCUT2D eigenvalue weighted by molar-refractivity contribution is -0.137. The Morgan fingerprint density at radius 1 is 1.03 bits per heavy atom. The molecule has 2 heterocycles. The molecule has 2 aromatic rings. The molecular formula is C22H29F3IN5O. The van der Waals surface area contributed by atoms with E-state index in [1.165, 1.54) is 12.1 Å². The number of nitrogens with zero attached hydrogens (tertiary/aromatic N) is 3. The minimum atomic E-state index is -4.33. The van der Waals surface area contributed by atoms with Gasteiger partial charge in [0.1, 0.15) is 5.82 Å². The van der Waals surface area contributed by atoms with Gasteiger partial charge in [0, 0.05) is 39.4 Å². The number of halogens is 4. The molecule has 1 aromatic heterocycles. The summed E-state index contributed by atoms with van der Waals surface area (Å²) in [6.45, 7) is 6.64. The molecule has 0 saturated carbocycles. The van der Waals surface area contributed by atoms with E-state index in [4.69, 9.17) is 4.74 Å². The Hall–Kier alpha value is -2.08. The van der Waals surface area contributed by atoms with Gasteiger partial charge < -0.3 is 20.3 Å². The lowest BCUT2D eigenvalue weighted by Crippen LogP contribution is -2.45. The fraction of sp³-hybridized carbons (Fsp3) is 0.455. The maximum Gasteiger partial charge on any atom is 0.416 e. The molecule has 1 saturated heterocycles. The highest BCUT2D eigenvalue weighted by molar-refractivity contribution is 14.0. The van der Waals surface area contributed by atoms with Crippen molar-refractivity contribution in [2.75, 3.05) is 25.0 Å². The molecule has 1 aliphatic heterocycles. The van der Waals surface area contributed by atoms with Gasteiger partial charge in [-0.1, -0.05) is 18.2 Å². The van der Waals surface area contributed by atoms with Gasteiger partial charge in [0.05, 0.1) is 17.8 Å². The first-order valence-electron chi connectivity index (χ1n) is 10.2. The average Bonchev–Trinajstić information content (AvgIpc) is 2.73. The molecule has 2 unspecified atom stereocenters. The summed E-state index contributed by atoms with van der Waals surface area (Å²) in [4.78, 5) is 11.0. The third-order valence-electron chi connectivity index (χ3n) is 4.98. The van der Waals surface area contributed by atoms with Gasteiger partial charge in [0.25, 0.3) is 0 Å². The molecule has 0 amide bonds. The summed E-state index contributed by atoms with van der Waals surface area (Å²) in [6.07, 6.45) is -2.15. The Kier molecular flexibility index (Phi) is 9.56. The van der Waals surface area contributed by atoms with Gasteiger partial charge in [0.2, 0.25) is 0 Å². The molecular weight excluding hydrogens is 534 g/mol. The van der Waals surface area contributed by atoms with Crippen LogP contribution in [0.4, 0.5) is 19.0 Å². The number of benzene rings is 1. The highest BCUT2D eigenvalue weighted by Crippen LogP contribution is 2.29. The Morgan fingerprint density at radius 2 is 1.59 bits per heavy atom. The minimum Gasteiger partial charge on any atom is -0.372 e. The van der Waals surface area contributed by atoms with Crippen LogP contribution in [-0.4, -0.2) is 43.3 Å². The van der Waals surface area contributed by atoms with Crippen LogP contribution >= 0.6 is 24.0 Å². The van der Waals surface area contributed by atoms with E-state index in [1.54, 1.807) is 7.05 Å². The van der Waals surface area contributed by atoms with Crippen LogP contribution in [0.5, 0.6) is 0 Å². The smallest absolute Gasteiger partial charge is 0.372 e. The van der Waals surface area contributed by atoms with Crippen LogP contribution in [-0.2, 0) is 24.0 Å². The van der Waals surface area contributed by atoms with E-state index in [0.29, 0.717) is 19.0 Å². The van der Waals surface area contributed by atoms with E-state index in [2.05, 4.69) is 39.4 Å². The molecule has 2 N–H and O–H groups in total. The fourth-order valence-electron chi connectivity index (χ4n) is 3.48. The lowest BCUT2D eigenvalue weighted by atomic mass is 10.1. The summed E-state index contributed by atoms with van der Waals surface area (Å²) in [7, 11) is 1.64. The Balaban J connectivity index is 0.00000363. The van der Waals surface area contributed by atoms with Gasteiger partial charge in [-0.2, -0.15) is 13.2 Å². The molecule has 1 fully saturated rings. The predicted octanol–water partition coefficient (Wildman–Crippen LogP) is 4.20. The van der Waals surface area contributed by atoms with E-state index in [0.717, 1.165) is 42.2 Å². The van der Waals surface area contributed by atoms with Crippen molar-refractivity contribution >= 4 is 35.8 Å². The first-order chi connectivity index (χ1) is 14.7. The third-order valence-corrected chi connectivity index (χ3v) is 4.98. The number of aromatic nitrogens is 1. The summed E-state index contributed by atoms with van der Waals surface area (Å²) < 4.78 is 43.7. The van der Waals surface area contributed by atoms with E-state index in [-0.39, 0.29) is 36.2 Å². The molecule has 10 heteroatoms. The van der Waals surface area contributed by atoms with E-state index >= 15 is 0 Å². The highest BCUT2D eigenvalue weighted by atomic mass is 127. The molecule has 0 radical (unpaired) electrons. The van der Waals surface area contributed by atoms with Crippen molar-refractivity contribution in [3.05, 3.63) is 59.3 Å². The number of aliphatic imine (C=N–C) groups is 1. The minimum absolute atomic E-state index is 0. The highest BCUT2D eigenvalue weighted by Gasteiger charge is 2.29. The van der Waals surface area contributed by atoms with Crippen LogP contribution in [0.1, 0.15) is 30.5 Å². The maximum absolute atomic E-state index is 12.7. The van der Waals surface area contributed by atoms with E-state index in [1.807, 2.05) is 18.3 Å². The first kappa shape index (κ1) is 26.2. The molecule has 176 valence electrons. The van der Waals surface area contributed by atoms with Gasteiger partial charge >= 0.3 is 6.18 Å². The lowest BCUT2D eigenvalue weighted by Gasteiger charge is -2.36. The Morgan fingerprint density at radius 3 is 2.09 bits per heavy atom. The van der Waals surface area contributed by atoms with E-state index < -0.39 is 11.7 Å². The standard InChI is InChI=1S/C22H28F3N5O.HI/c1-15-13-30(14-16(2)31-15)20-9-6-18(11-27-20)12-29-21(26-3)28-10-17-4-7-19(8-5-17)22(23,24)25;/h4-9,11,15-16H,10,12-14H2,1-3H3,(H2,26,28,29);1H. The van der Waals surface area contributed by atoms with Gasteiger partial charge in [0.15, 0.2) is 5.96 Å². The van der Waals surface area contributed by atoms with Crippen molar-refractivity contribution in [1.29, 1.82) is 0 Å². The van der Waals surface area contributed by atoms with Crippen LogP contribution in [0.15, 0.2) is 47.6 Å². The summed E-state index contributed by atoms with van der Waals surface area (Å²) >= 11 is 0. The third kappa shape index (κ3) is 7.51. The molecule has 6 nitrogen and oxygen atoms in total. The number of guanidine groups is 1. The molecule has 2 atom stereocenters. The second kappa shape index (κ2) is 11.7. The SMILES string of the molecule is CN=C(NCc1ccc(C(F)(F)F)cc1)NCc1ccc(N2CC(C)OC(C)C2)nc1.I. The normalized spacial score (nSPS) is 19.3. The number of hydrogen-bond donors (Lipinski definition) is 2. The van der Waals surface area contributed by atoms with Crippen LogP contribution in [0.25, 0.3) is 0 Å². The summed E-state index contributed by atoms with van der Waals surface area (Å²) in [5.41, 5.74) is 1.07. The second-order valence-corrected chi connectivity index (χ2v) is 7.66. The molecule has 0 bridgehead atoms. The number of alkyl halides is 3. The number of hydrogen-bond acceptors (Lipinski definition) is 4. The fourth-order valence-corrected chi connectivity index (χ4v) is 3.48. The van der Waals surface area contributed by atoms with Crippen molar-refractivity contribution in [2.45, 2.75) is 45.3 Å². The molecule has 1 aromatic carbocycles. The largest absolute Gasteiger partial charge is 0.416 e. The van der Waals surface area contributed by atoms with Gasteiger partial charge in [-0.25, -0.2) is 4.98 Å². The monoisotopic (exact) mass is 563 g/mol. The number of rotatable bonds is 5. The molecule has 1 aliphatic rings. The number of nitrogens with one attached hydrogen (secondary N) is 2. The number of pyridine rings is 1.